The van der Waals surface area contributed by atoms with Crippen molar-refractivity contribution in [3.05, 3.63) is 68.4 Å². The summed E-state index contributed by atoms with van der Waals surface area (Å²) in [6.07, 6.45) is 0.636. The summed E-state index contributed by atoms with van der Waals surface area (Å²) in [4.78, 5) is 0. The van der Waals surface area contributed by atoms with Gasteiger partial charge in [-0.25, -0.2) is 4.39 Å². The highest BCUT2D eigenvalue weighted by Gasteiger charge is 2.17. The van der Waals surface area contributed by atoms with Gasteiger partial charge in [0.15, 0.2) is 0 Å². The van der Waals surface area contributed by atoms with Crippen LogP contribution < -0.4 is 5.73 Å². The molecule has 2 N–H and O–H groups in total. The molecule has 0 heterocycles. The lowest BCUT2D eigenvalue weighted by molar-refractivity contribution is 0.577. The molecule has 0 aliphatic heterocycles. The molecular weight excluding hydrogens is 317 g/mol. The van der Waals surface area contributed by atoms with Crippen LogP contribution in [0.25, 0.3) is 0 Å². The van der Waals surface area contributed by atoms with E-state index in [1.54, 1.807) is 6.07 Å². The third-order valence-electron chi connectivity index (χ3n) is 3.63. The summed E-state index contributed by atoms with van der Waals surface area (Å²) >= 11 is 3.39. The topological polar surface area (TPSA) is 26.0 Å². The second-order valence-electron chi connectivity index (χ2n) is 5.32. The lowest BCUT2D eigenvalue weighted by Crippen LogP contribution is -2.17. The van der Waals surface area contributed by atoms with E-state index in [4.69, 9.17) is 5.73 Å². The van der Waals surface area contributed by atoms with Crippen LogP contribution in [0, 0.1) is 26.6 Å². The molecule has 0 aromatic heterocycles. The molecule has 1 atom stereocenters. The average molecular weight is 336 g/mol. The maximum absolute atomic E-state index is 14.0. The number of benzene rings is 2. The molecule has 106 valence electrons. The Balaban J connectivity index is 2.35. The van der Waals surface area contributed by atoms with E-state index in [1.165, 1.54) is 28.3 Å². The van der Waals surface area contributed by atoms with Crippen LogP contribution in [-0.4, -0.2) is 0 Å². The SMILES string of the molecule is Cc1cc(C)c(CC(N)c2c(F)cccc2Br)c(C)c1. The number of halogens is 2. The highest BCUT2D eigenvalue weighted by atomic mass is 79.9. The van der Waals surface area contributed by atoms with E-state index in [0.717, 1.165) is 4.47 Å². The summed E-state index contributed by atoms with van der Waals surface area (Å²) in [7, 11) is 0. The van der Waals surface area contributed by atoms with Crippen molar-refractivity contribution in [3.63, 3.8) is 0 Å². The van der Waals surface area contributed by atoms with Gasteiger partial charge in [0.1, 0.15) is 5.82 Å². The highest BCUT2D eigenvalue weighted by Crippen LogP contribution is 2.29. The molecule has 0 saturated carbocycles. The predicted molar refractivity (Wildman–Crippen MR) is 85.4 cm³/mol. The first-order chi connectivity index (χ1) is 9.40. The van der Waals surface area contributed by atoms with Crippen molar-refractivity contribution in [3.8, 4) is 0 Å². The predicted octanol–water partition coefficient (Wildman–Crippen LogP) is 4.76. The van der Waals surface area contributed by atoms with Gasteiger partial charge < -0.3 is 5.73 Å². The Kier molecular flexibility index (Phi) is 4.61. The summed E-state index contributed by atoms with van der Waals surface area (Å²) in [5.74, 6) is -0.255. The maximum atomic E-state index is 14.0. The molecule has 20 heavy (non-hydrogen) atoms. The molecule has 0 aliphatic carbocycles. The van der Waals surface area contributed by atoms with Gasteiger partial charge in [-0.2, -0.15) is 0 Å². The molecular formula is C17H19BrFN. The Morgan fingerprint density at radius 2 is 1.75 bits per heavy atom. The molecule has 2 rings (SSSR count). The zero-order valence-electron chi connectivity index (χ0n) is 12.0. The average Bonchev–Trinajstić information content (AvgIpc) is 2.33. The van der Waals surface area contributed by atoms with E-state index in [1.807, 2.05) is 6.07 Å². The summed E-state index contributed by atoms with van der Waals surface area (Å²) in [5, 5.41) is 0. The summed E-state index contributed by atoms with van der Waals surface area (Å²) < 4.78 is 14.7. The van der Waals surface area contributed by atoms with Gasteiger partial charge in [-0.15, -0.1) is 0 Å². The van der Waals surface area contributed by atoms with Crippen molar-refractivity contribution < 1.29 is 4.39 Å². The van der Waals surface area contributed by atoms with Crippen LogP contribution >= 0.6 is 15.9 Å². The third kappa shape index (κ3) is 3.10. The number of hydrogen-bond donors (Lipinski definition) is 1. The van der Waals surface area contributed by atoms with E-state index < -0.39 is 0 Å². The largest absolute Gasteiger partial charge is 0.324 e. The zero-order chi connectivity index (χ0) is 14.9. The smallest absolute Gasteiger partial charge is 0.129 e. The van der Waals surface area contributed by atoms with Crippen molar-refractivity contribution in [2.24, 2.45) is 5.73 Å². The fourth-order valence-electron chi connectivity index (χ4n) is 2.72. The molecule has 0 fully saturated rings. The second kappa shape index (κ2) is 6.06. The molecule has 0 aliphatic rings. The van der Waals surface area contributed by atoms with Crippen LogP contribution in [0.4, 0.5) is 4.39 Å². The van der Waals surface area contributed by atoms with E-state index in [9.17, 15) is 4.39 Å². The van der Waals surface area contributed by atoms with Crippen molar-refractivity contribution in [1.82, 2.24) is 0 Å². The van der Waals surface area contributed by atoms with Gasteiger partial charge in [0.2, 0.25) is 0 Å². The van der Waals surface area contributed by atoms with Crippen molar-refractivity contribution in [2.75, 3.05) is 0 Å². The number of rotatable bonds is 3. The first-order valence-electron chi connectivity index (χ1n) is 6.66. The first kappa shape index (κ1) is 15.2. The molecule has 2 aromatic rings. The van der Waals surface area contributed by atoms with Gasteiger partial charge in [0.05, 0.1) is 0 Å². The minimum atomic E-state index is -0.356. The normalized spacial score (nSPS) is 12.5. The molecule has 1 unspecified atom stereocenters. The Hall–Kier alpha value is -1.19. The Morgan fingerprint density at radius 3 is 2.30 bits per heavy atom. The standard InChI is InChI=1S/C17H19BrFN/c1-10-7-11(2)13(12(3)8-10)9-16(20)17-14(18)5-4-6-15(17)19/h4-8,16H,9,20H2,1-3H3. The zero-order valence-corrected chi connectivity index (χ0v) is 13.6. The van der Waals surface area contributed by atoms with Gasteiger partial charge >= 0.3 is 0 Å². The minimum absolute atomic E-state index is 0.255. The van der Waals surface area contributed by atoms with Crippen molar-refractivity contribution in [1.29, 1.82) is 0 Å². The van der Waals surface area contributed by atoms with E-state index in [2.05, 4.69) is 48.8 Å². The lowest BCUT2D eigenvalue weighted by Gasteiger charge is -2.18. The summed E-state index contributed by atoms with van der Waals surface area (Å²) in [5.41, 5.74) is 11.7. The van der Waals surface area contributed by atoms with Crippen LogP contribution in [0.5, 0.6) is 0 Å². The Bertz CT molecular complexity index is 594. The van der Waals surface area contributed by atoms with Gasteiger partial charge in [-0.3, -0.25) is 0 Å². The Morgan fingerprint density at radius 1 is 1.15 bits per heavy atom. The molecule has 0 radical (unpaired) electrons. The van der Waals surface area contributed by atoms with Gasteiger partial charge in [-0.1, -0.05) is 39.7 Å². The lowest BCUT2D eigenvalue weighted by atomic mass is 9.92. The van der Waals surface area contributed by atoms with Crippen molar-refractivity contribution in [2.45, 2.75) is 33.2 Å². The fourth-order valence-corrected chi connectivity index (χ4v) is 3.35. The number of nitrogens with two attached hydrogens (primary N) is 1. The van der Waals surface area contributed by atoms with Crippen LogP contribution in [0.15, 0.2) is 34.8 Å². The first-order valence-corrected chi connectivity index (χ1v) is 7.45. The molecule has 1 nitrogen and oxygen atoms in total. The number of aryl methyl sites for hydroxylation is 3. The monoisotopic (exact) mass is 335 g/mol. The van der Waals surface area contributed by atoms with E-state index in [-0.39, 0.29) is 11.9 Å². The summed E-state index contributed by atoms with van der Waals surface area (Å²) in [6.45, 7) is 6.24. The van der Waals surface area contributed by atoms with Crippen LogP contribution in [0.2, 0.25) is 0 Å². The quantitative estimate of drug-likeness (QED) is 0.860. The second-order valence-corrected chi connectivity index (χ2v) is 6.18. The van der Waals surface area contributed by atoms with Crippen LogP contribution in [-0.2, 0) is 6.42 Å². The molecule has 0 saturated heterocycles. The maximum Gasteiger partial charge on any atom is 0.129 e. The van der Waals surface area contributed by atoms with Crippen LogP contribution in [0.3, 0.4) is 0 Å². The van der Waals surface area contributed by atoms with Gasteiger partial charge in [0.25, 0.3) is 0 Å². The summed E-state index contributed by atoms with van der Waals surface area (Å²) in [6, 6.07) is 8.89. The highest BCUT2D eigenvalue weighted by molar-refractivity contribution is 9.10. The van der Waals surface area contributed by atoms with Gasteiger partial charge in [0, 0.05) is 16.1 Å². The van der Waals surface area contributed by atoms with Gasteiger partial charge in [-0.05, 0) is 56.0 Å². The number of hydrogen-bond acceptors (Lipinski definition) is 1. The third-order valence-corrected chi connectivity index (χ3v) is 4.33. The Labute approximate surface area is 128 Å². The van der Waals surface area contributed by atoms with Crippen molar-refractivity contribution >= 4 is 15.9 Å². The molecule has 0 spiro atoms. The van der Waals surface area contributed by atoms with Crippen LogP contribution in [0.1, 0.15) is 33.9 Å². The molecule has 0 amide bonds. The minimum Gasteiger partial charge on any atom is -0.324 e. The molecule has 3 heteroatoms. The fraction of sp³-hybridized carbons (Fsp3) is 0.294. The molecule has 2 aromatic carbocycles. The molecule has 0 bridgehead atoms. The van der Waals surface area contributed by atoms with E-state index in [0.29, 0.717) is 12.0 Å². The van der Waals surface area contributed by atoms with E-state index >= 15 is 0 Å².